The van der Waals surface area contributed by atoms with E-state index in [0.29, 0.717) is 5.56 Å². The Morgan fingerprint density at radius 2 is 1.68 bits per heavy atom. The van der Waals surface area contributed by atoms with E-state index in [0.717, 1.165) is 26.0 Å². The quantitative estimate of drug-likeness (QED) is 0.299. The SMILES string of the molecule is CNS(=O)(=O)Nc1cccc(Cc2cc(C(=O)NC3CC3)c(Nc3ccc(C)cc3F)c(F)c2F)c1F. The fourth-order valence-corrected chi connectivity index (χ4v) is 4.20. The maximum Gasteiger partial charge on any atom is 0.298 e. The summed E-state index contributed by atoms with van der Waals surface area (Å²) in [5.41, 5.74) is -1.28. The molecule has 4 N–H and O–H groups in total. The fraction of sp³-hybridized carbons (Fsp3) is 0.240. The molecule has 7 nitrogen and oxygen atoms in total. The molecule has 0 heterocycles. The van der Waals surface area contributed by atoms with Gasteiger partial charge in [0.25, 0.3) is 16.1 Å². The van der Waals surface area contributed by atoms with Crippen molar-refractivity contribution in [3.8, 4) is 0 Å². The third kappa shape index (κ3) is 6.03. The van der Waals surface area contributed by atoms with Crippen LogP contribution in [0.5, 0.6) is 0 Å². The Hall–Kier alpha value is -3.64. The van der Waals surface area contributed by atoms with Gasteiger partial charge in [-0.1, -0.05) is 18.2 Å². The van der Waals surface area contributed by atoms with Crippen molar-refractivity contribution in [2.75, 3.05) is 17.1 Å². The van der Waals surface area contributed by atoms with Crippen LogP contribution in [0.25, 0.3) is 0 Å². The molecule has 1 aliphatic rings. The topological polar surface area (TPSA) is 99.3 Å². The van der Waals surface area contributed by atoms with Gasteiger partial charge in [0, 0.05) is 19.5 Å². The molecule has 0 unspecified atom stereocenters. The van der Waals surface area contributed by atoms with Crippen LogP contribution in [0.3, 0.4) is 0 Å². The van der Waals surface area contributed by atoms with Crippen LogP contribution >= 0.6 is 0 Å². The van der Waals surface area contributed by atoms with Crippen LogP contribution in [-0.2, 0) is 16.6 Å². The monoisotopic (exact) mass is 536 g/mol. The van der Waals surface area contributed by atoms with Gasteiger partial charge < -0.3 is 10.6 Å². The molecule has 0 aliphatic heterocycles. The molecule has 196 valence electrons. The van der Waals surface area contributed by atoms with Crippen LogP contribution in [0.2, 0.25) is 0 Å². The first-order valence-corrected chi connectivity index (χ1v) is 12.8. The average Bonchev–Trinajstić information content (AvgIpc) is 3.66. The van der Waals surface area contributed by atoms with Crippen LogP contribution in [-0.4, -0.2) is 27.4 Å². The maximum absolute atomic E-state index is 15.3. The van der Waals surface area contributed by atoms with Gasteiger partial charge in [-0.05, 0) is 60.7 Å². The normalized spacial score (nSPS) is 13.4. The van der Waals surface area contributed by atoms with Gasteiger partial charge >= 0.3 is 0 Å². The fourth-order valence-electron chi connectivity index (χ4n) is 3.65. The maximum atomic E-state index is 15.3. The summed E-state index contributed by atoms with van der Waals surface area (Å²) in [5, 5.41) is 5.18. The molecule has 0 saturated heterocycles. The molecule has 3 aromatic rings. The molecule has 1 aliphatic carbocycles. The van der Waals surface area contributed by atoms with Crippen molar-refractivity contribution in [3.05, 3.63) is 88.0 Å². The molecule has 0 atom stereocenters. The van der Waals surface area contributed by atoms with Crippen molar-refractivity contribution in [2.45, 2.75) is 32.2 Å². The minimum Gasteiger partial charge on any atom is -0.350 e. The van der Waals surface area contributed by atoms with Crippen LogP contribution in [0, 0.1) is 30.2 Å². The van der Waals surface area contributed by atoms with Gasteiger partial charge in [-0.2, -0.15) is 8.42 Å². The Morgan fingerprint density at radius 3 is 2.32 bits per heavy atom. The first-order valence-electron chi connectivity index (χ1n) is 11.3. The summed E-state index contributed by atoms with van der Waals surface area (Å²) in [7, 11) is -2.90. The summed E-state index contributed by atoms with van der Waals surface area (Å²) >= 11 is 0. The molecular formula is C25H24F4N4O3S. The number of rotatable bonds is 9. The number of hydrogen-bond acceptors (Lipinski definition) is 4. The summed E-state index contributed by atoms with van der Waals surface area (Å²) in [6.45, 7) is 1.66. The van der Waals surface area contributed by atoms with Crippen molar-refractivity contribution in [1.82, 2.24) is 10.0 Å². The molecule has 0 spiro atoms. The van der Waals surface area contributed by atoms with Gasteiger partial charge in [0.2, 0.25) is 0 Å². The highest BCUT2D eigenvalue weighted by molar-refractivity contribution is 7.90. The van der Waals surface area contributed by atoms with Crippen LogP contribution < -0.4 is 20.1 Å². The van der Waals surface area contributed by atoms with Gasteiger partial charge in [0.15, 0.2) is 17.5 Å². The van der Waals surface area contributed by atoms with E-state index < -0.39 is 57.2 Å². The van der Waals surface area contributed by atoms with Gasteiger partial charge in [-0.15, -0.1) is 0 Å². The highest BCUT2D eigenvalue weighted by Gasteiger charge is 2.29. The van der Waals surface area contributed by atoms with E-state index in [4.69, 9.17) is 0 Å². The van der Waals surface area contributed by atoms with E-state index in [1.54, 1.807) is 13.0 Å². The number of halogens is 4. The second kappa shape index (κ2) is 10.4. The predicted molar refractivity (Wildman–Crippen MR) is 132 cm³/mol. The lowest BCUT2D eigenvalue weighted by Crippen LogP contribution is -2.27. The molecule has 12 heteroatoms. The molecular weight excluding hydrogens is 512 g/mol. The minimum atomic E-state index is -4.03. The van der Waals surface area contributed by atoms with Gasteiger partial charge in [-0.3, -0.25) is 9.52 Å². The Kier molecular flexibility index (Phi) is 7.42. The molecule has 37 heavy (non-hydrogen) atoms. The first kappa shape index (κ1) is 26.4. The largest absolute Gasteiger partial charge is 0.350 e. The van der Waals surface area contributed by atoms with E-state index in [-0.39, 0.29) is 28.4 Å². The van der Waals surface area contributed by atoms with E-state index >= 15 is 13.2 Å². The highest BCUT2D eigenvalue weighted by atomic mass is 32.2. The van der Waals surface area contributed by atoms with E-state index in [1.807, 2.05) is 9.44 Å². The highest BCUT2D eigenvalue weighted by Crippen LogP contribution is 2.33. The van der Waals surface area contributed by atoms with E-state index in [2.05, 4.69) is 10.6 Å². The molecule has 0 bridgehead atoms. The molecule has 1 saturated carbocycles. The van der Waals surface area contributed by atoms with Crippen LogP contribution in [0.15, 0.2) is 42.5 Å². The lowest BCUT2D eigenvalue weighted by Gasteiger charge is -2.17. The van der Waals surface area contributed by atoms with Gasteiger partial charge in [-0.25, -0.2) is 22.3 Å². The second-order valence-corrected chi connectivity index (χ2v) is 10.3. The van der Waals surface area contributed by atoms with E-state index in [1.165, 1.54) is 30.3 Å². The van der Waals surface area contributed by atoms with E-state index in [9.17, 15) is 17.6 Å². The zero-order valence-corrected chi connectivity index (χ0v) is 20.7. The number of amides is 1. The van der Waals surface area contributed by atoms with Crippen LogP contribution in [0.1, 0.15) is 39.9 Å². The van der Waals surface area contributed by atoms with Crippen molar-refractivity contribution >= 4 is 33.2 Å². The minimum absolute atomic E-state index is 0.109. The third-order valence-electron chi connectivity index (χ3n) is 5.80. The summed E-state index contributed by atoms with van der Waals surface area (Å²) in [4.78, 5) is 12.9. The summed E-state index contributed by atoms with van der Waals surface area (Å²) in [5.74, 6) is -5.22. The third-order valence-corrected chi connectivity index (χ3v) is 6.82. The average molecular weight is 537 g/mol. The van der Waals surface area contributed by atoms with Crippen molar-refractivity contribution < 1.29 is 30.8 Å². The Bertz CT molecular complexity index is 1480. The smallest absolute Gasteiger partial charge is 0.298 e. The Labute approximate surface area is 211 Å². The van der Waals surface area contributed by atoms with Crippen molar-refractivity contribution in [3.63, 3.8) is 0 Å². The molecule has 4 rings (SSSR count). The lowest BCUT2D eigenvalue weighted by molar-refractivity contribution is 0.0951. The lowest BCUT2D eigenvalue weighted by atomic mass is 9.99. The van der Waals surface area contributed by atoms with Gasteiger partial charge in [0.05, 0.1) is 22.6 Å². The van der Waals surface area contributed by atoms with Gasteiger partial charge in [0.1, 0.15) is 5.82 Å². The molecule has 0 radical (unpaired) electrons. The summed E-state index contributed by atoms with van der Waals surface area (Å²) in [6.07, 6.45) is 0.975. The Morgan fingerprint density at radius 1 is 0.946 bits per heavy atom. The predicted octanol–water partition coefficient (Wildman–Crippen LogP) is 4.65. The number of anilines is 3. The number of carbonyl (C=O) groups is 1. The zero-order valence-electron chi connectivity index (χ0n) is 19.9. The zero-order chi connectivity index (χ0) is 26.9. The number of hydrogen-bond donors (Lipinski definition) is 4. The Balaban J connectivity index is 1.75. The number of carbonyl (C=O) groups excluding carboxylic acids is 1. The molecule has 1 amide bonds. The molecule has 0 aromatic heterocycles. The molecule has 1 fully saturated rings. The number of nitrogens with one attached hydrogen (secondary N) is 4. The summed E-state index contributed by atoms with van der Waals surface area (Å²) < 4.78 is 87.5. The second-order valence-electron chi connectivity index (χ2n) is 8.71. The number of benzene rings is 3. The molecule has 3 aromatic carbocycles. The number of aryl methyl sites for hydroxylation is 1. The van der Waals surface area contributed by atoms with Crippen LogP contribution in [0.4, 0.5) is 34.6 Å². The summed E-state index contributed by atoms with van der Waals surface area (Å²) in [6, 6.07) is 8.87. The standard InChI is InChI=1S/C25H24F4N4O3S/c1-13-6-9-19(18(26)10-13)32-24-17(25(34)31-16-7-8-16)12-15(22(28)23(24)29)11-14-4-3-5-20(21(14)27)33-37(35,36)30-2/h3-6,9-10,12,16,30,32-33H,7-8,11H2,1-2H3,(H,31,34). The van der Waals surface area contributed by atoms with Crippen molar-refractivity contribution in [2.24, 2.45) is 0 Å². The van der Waals surface area contributed by atoms with Crippen molar-refractivity contribution in [1.29, 1.82) is 0 Å². The first-order chi connectivity index (χ1) is 17.5.